The minimum atomic E-state index is -3.41. The minimum Gasteiger partial charge on any atom is -0.404 e. The molecule has 1 aromatic rings. The highest BCUT2D eigenvalue weighted by Crippen LogP contribution is 2.53. The average Bonchev–Trinajstić information content (AvgIpc) is 2.16. The summed E-state index contributed by atoms with van der Waals surface area (Å²) in [4.78, 5) is 0. The summed E-state index contributed by atoms with van der Waals surface area (Å²) in [5, 5.41) is 0. The van der Waals surface area contributed by atoms with Gasteiger partial charge >= 0.3 is 7.82 Å². The Labute approximate surface area is 95.1 Å². The van der Waals surface area contributed by atoms with Crippen LogP contribution in [0.1, 0.15) is 18.9 Å². The predicted octanol–water partition coefficient (Wildman–Crippen LogP) is 3.31. The van der Waals surface area contributed by atoms with Crippen LogP contribution < -0.4 is 4.52 Å². The summed E-state index contributed by atoms with van der Waals surface area (Å²) < 4.78 is 27.7. The Bertz CT molecular complexity index is 418. The Morgan fingerprint density at radius 1 is 1.50 bits per heavy atom. The van der Waals surface area contributed by atoms with E-state index in [-0.39, 0.29) is 6.10 Å². The topological polar surface area (TPSA) is 44.8 Å². The first-order chi connectivity index (χ1) is 7.57. The second-order valence-electron chi connectivity index (χ2n) is 3.89. The van der Waals surface area contributed by atoms with Gasteiger partial charge in [-0.25, -0.2) is 4.57 Å². The highest BCUT2D eigenvalue weighted by atomic mass is 31.2. The molecule has 0 saturated carbocycles. The van der Waals surface area contributed by atoms with Crippen LogP contribution in [0.25, 0.3) is 0 Å². The molecular weight excluding hydrogens is 227 g/mol. The van der Waals surface area contributed by atoms with Crippen molar-refractivity contribution in [3.8, 4) is 5.75 Å². The van der Waals surface area contributed by atoms with E-state index in [0.717, 1.165) is 12.0 Å². The van der Waals surface area contributed by atoms with E-state index in [1.807, 2.05) is 26.0 Å². The van der Waals surface area contributed by atoms with E-state index in [2.05, 4.69) is 0 Å². The normalized spacial score (nSPS) is 30.0. The lowest BCUT2D eigenvalue weighted by Gasteiger charge is -2.26. The van der Waals surface area contributed by atoms with Crippen molar-refractivity contribution in [2.45, 2.75) is 26.4 Å². The van der Waals surface area contributed by atoms with Gasteiger partial charge in [0.15, 0.2) is 0 Å². The molecule has 0 aromatic heterocycles. The van der Waals surface area contributed by atoms with Gasteiger partial charge < -0.3 is 4.52 Å². The maximum Gasteiger partial charge on any atom is 0.530 e. The van der Waals surface area contributed by atoms with E-state index < -0.39 is 7.82 Å². The van der Waals surface area contributed by atoms with E-state index in [1.165, 1.54) is 0 Å². The fourth-order valence-corrected chi connectivity index (χ4v) is 2.89. The van der Waals surface area contributed by atoms with Gasteiger partial charge in [-0.3, -0.25) is 9.05 Å². The molecule has 1 fully saturated rings. The van der Waals surface area contributed by atoms with Crippen LogP contribution in [0, 0.1) is 6.92 Å². The molecule has 2 atom stereocenters. The summed E-state index contributed by atoms with van der Waals surface area (Å²) in [5.74, 6) is 0.512. The van der Waals surface area contributed by atoms with Crippen molar-refractivity contribution >= 4 is 7.82 Å². The van der Waals surface area contributed by atoms with E-state index in [9.17, 15) is 4.57 Å². The van der Waals surface area contributed by atoms with Crippen LogP contribution in [0.2, 0.25) is 0 Å². The highest BCUT2D eigenvalue weighted by Gasteiger charge is 2.34. The third-order valence-electron chi connectivity index (χ3n) is 2.29. The molecule has 0 N–H and O–H groups in total. The molecule has 0 spiro atoms. The van der Waals surface area contributed by atoms with Gasteiger partial charge in [0.1, 0.15) is 5.75 Å². The number of rotatable bonds is 2. The van der Waals surface area contributed by atoms with E-state index in [0.29, 0.717) is 12.4 Å². The first kappa shape index (κ1) is 11.6. The summed E-state index contributed by atoms with van der Waals surface area (Å²) in [7, 11) is -3.41. The van der Waals surface area contributed by atoms with Crippen molar-refractivity contribution in [2.75, 3.05) is 6.61 Å². The van der Waals surface area contributed by atoms with E-state index >= 15 is 0 Å². The Balaban J connectivity index is 2.11. The average molecular weight is 242 g/mol. The monoisotopic (exact) mass is 242 g/mol. The molecule has 16 heavy (non-hydrogen) atoms. The molecule has 1 heterocycles. The second-order valence-corrected chi connectivity index (χ2v) is 5.44. The van der Waals surface area contributed by atoms with Crippen LogP contribution in [0.3, 0.4) is 0 Å². The number of aryl methyl sites for hydroxylation is 1. The largest absolute Gasteiger partial charge is 0.530 e. The molecule has 1 aromatic carbocycles. The fraction of sp³-hybridized carbons (Fsp3) is 0.455. The summed E-state index contributed by atoms with van der Waals surface area (Å²) in [6.45, 7) is 4.20. The number of hydrogen-bond acceptors (Lipinski definition) is 4. The van der Waals surface area contributed by atoms with Crippen LogP contribution in [-0.2, 0) is 13.6 Å². The number of hydrogen-bond donors (Lipinski definition) is 0. The summed E-state index contributed by atoms with van der Waals surface area (Å²) in [5.41, 5.74) is 1.04. The number of phosphoric ester groups is 1. The van der Waals surface area contributed by atoms with Crippen molar-refractivity contribution in [1.82, 2.24) is 0 Å². The highest BCUT2D eigenvalue weighted by molar-refractivity contribution is 7.49. The van der Waals surface area contributed by atoms with Crippen LogP contribution in [0.5, 0.6) is 5.75 Å². The predicted molar refractivity (Wildman–Crippen MR) is 60.5 cm³/mol. The van der Waals surface area contributed by atoms with Crippen molar-refractivity contribution in [1.29, 1.82) is 0 Å². The lowest BCUT2D eigenvalue weighted by Crippen LogP contribution is -2.19. The van der Waals surface area contributed by atoms with Gasteiger partial charge in [0.25, 0.3) is 0 Å². The van der Waals surface area contributed by atoms with Crippen LogP contribution >= 0.6 is 7.82 Å². The Kier molecular flexibility index (Phi) is 3.33. The summed E-state index contributed by atoms with van der Waals surface area (Å²) >= 11 is 0. The molecule has 5 heteroatoms. The molecule has 0 amide bonds. The zero-order chi connectivity index (χ0) is 11.6. The molecule has 2 unspecified atom stereocenters. The SMILES string of the molecule is Cc1cccc(OP2(=O)OCCC(C)O2)c1. The van der Waals surface area contributed by atoms with Crippen molar-refractivity contribution in [2.24, 2.45) is 0 Å². The van der Waals surface area contributed by atoms with Gasteiger partial charge in [-0.2, -0.15) is 0 Å². The van der Waals surface area contributed by atoms with Crippen LogP contribution in [0.4, 0.5) is 0 Å². The van der Waals surface area contributed by atoms with Crippen molar-refractivity contribution < 1.29 is 18.1 Å². The van der Waals surface area contributed by atoms with Crippen LogP contribution in [0.15, 0.2) is 24.3 Å². The van der Waals surface area contributed by atoms with Gasteiger partial charge in [0.05, 0.1) is 12.7 Å². The van der Waals surface area contributed by atoms with E-state index in [1.54, 1.807) is 12.1 Å². The van der Waals surface area contributed by atoms with Gasteiger partial charge in [0, 0.05) is 0 Å². The minimum absolute atomic E-state index is 0.0932. The molecule has 1 aliphatic rings. The Morgan fingerprint density at radius 2 is 2.31 bits per heavy atom. The first-order valence-electron chi connectivity index (χ1n) is 5.27. The van der Waals surface area contributed by atoms with E-state index in [4.69, 9.17) is 13.6 Å². The third-order valence-corrected chi connectivity index (χ3v) is 3.84. The number of phosphoric acid groups is 1. The smallest absolute Gasteiger partial charge is 0.404 e. The van der Waals surface area contributed by atoms with Gasteiger partial charge in [-0.1, -0.05) is 12.1 Å². The second kappa shape index (κ2) is 4.58. The van der Waals surface area contributed by atoms with Crippen LogP contribution in [-0.4, -0.2) is 12.7 Å². The first-order valence-corrected chi connectivity index (χ1v) is 6.73. The molecule has 0 bridgehead atoms. The third kappa shape index (κ3) is 2.85. The Hall–Kier alpha value is -0.830. The lowest BCUT2D eigenvalue weighted by atomic mass is 10.2. The molecule has 2 rings (SSSR count). The quantitative estimate of drug-likeness (QED) is 0.746. The molecule has 0 aliphatic carbocycles. The zero-order valence-electron chi connectivity index (χ0n) is 9.38. The maximum atomic E-state index is 12.1. The van der Waals surface area contributed by atoms with Gasteiger partial charge in [-0.05, 0) is 38.0 Å². The van der Waals surface area contributed by atoms with Crippen molar-refractivity contribution in [3.63, 3.8) is 0 Å². The maximum absolute atomic E-state index is 12.1. The standard InChI is InChI=1S/C11H15O4P/c1-9-4-3-5-11(8-9)15-16(12)13-7-6-10(2)14-16/h3-5,8,10H,6-7H2,1-2H3. The summed E-state index contributed by atoms with van der Waals surface area (Å²) in [6, 6.07) is 7.31. The van der Waals surface area contributed by atoms with Crippen molar-refractivity contribution in [3.05, 3.63) is 29.8 Å². The Morgan fingerprint density at radius 3 is 3.00 bits per heavy atom. The molecule has 4 nitrogen and oxygen atoms in total. The molecule has 0 radical (unpaired) electrons. The molecule has 1 saturated heterocycles. The summed E-state index contributed by atoms with van der Waals surface area (Å²) in [6.07, 6.45) is 0.644. The zero-order valence-corrected chi connectivity index (χ0v) is 10.3. The molecule has 1 aliphatic heterocycles. The molecule has 88 valence electrons. The van der Waals surface area contributed by atoms with Gasteiger partial charge in [-0.15, -0.1) is 0 Å². The fourth-order valence-electron chi connectivity index (χ4n) is 1.48. The number of benzene rings is 1. The van der Waals surface area contributed by atoms with Gasteiger partial charge in [0.2, 0.25) is 0 Å². The molecular formula is C11H15O4P. The lowest BCUT2D eigenvalue weighted by molar-refractivity contribution is 0.0609.